The minimum atomic E-state index is -4.36. The third-order valence-corrected chi connectivity index (χ3v) is 17.9. The molecule has 0 saturated carbocycles. The molecule has 0 radical (unpaired) electrons. The van der Waals surface area contributed by atoms with Gasteiger partial charge in [0, 0.05) is 53.6 Å². The highest BCUT2D eigenvalue weighted by Crippen LogP contribution is 2.65. The lowest BCUT2D eigenvalue weighted by Crippen LogP contribution is -2.69. The van der Waals surface area contributed by atoms with Crippen molar-refractivity contribution in [1.82, 2.24) is 15.1 Å². The predicted octanol–water partition coefficient (Wildman–Crippen LogP) is 8.20. The Morgan fingerprint density at radius 1 is 0.918 bits per heavy atom. The molecule has 73 heavy (non-hydrogen) atoms. The molecule has 1 spiro atoms. The maximum Gasteiger partial charge on any atom is 0.530 e. The number of phenolic OH excluding ortho intramolecular Hbond substituents is 1. The zero-order chi connectivity index (χ0) is 50.9. The molecule has 2 N–H and O–H groups in total. The molecule has 5 aromatic carbocycles. The molecule has 4 bridgehead atoms. The number of likely N-dealkylation sites (N-methyl/N-ethyl adjacent to an activating group) is 1. The zero-order valence-corrected chi connectivity index (χ0v) is 42.9. The molecular weight excluding hydrogens is 976 g/mol. The maximum atomic E-state index is 15.4. The summed E-state index contributed by atoms with van der Waals surface area (Å²) in [5, 5.41) is 26.5. The van der Waals surface area contributed by atoms with Crippen LogP contribution in [0.4, 0.5) is 0 Å². The van der Waals surface area contributed by atoms with Crippen molar-refractivity contribution in [1.29, 1.82) is 5.26 Å². The van der Waals surface area contributed by atoms with Gasteiger partial charge in [0.05, 0.1) is 50.8 Å². The Balaban J connectivity index is 1.05. The van der Waals surface area contributed by atoms with Crippen molar-refractivity contribution in [3.05, 3.63) is 134 Å². The number of nitrogens with zero attached hydrogens (tertiary/aromatic N) is 3. The number of aromatic hydroxyl groups is 1. The first-order chi connectivity index (χ1) is 35.3. The molecule has 5 aromatic rings. The molecule has 7 heterocycles. The van der Waals surface area contributed by atoms with Crippen LogP contribution in [0.1, 0.15) is 79.9 Å². The van der Waals surface area contributed by atoms with Gasteiger partial charge in [-0.3, -0.25) is 29.0 Å². The molecule has 0 aliphatic carbocycles. The quantitative estimate of drug-likeness (QED) is 0.0729. The number of aryl methyl sites for hydroxylation is 1. The van der Waals surface area contributed by atoms with E-state index in [1.807, 2.05) is 87.6 Å². The fourth-order valence-electron chi connectivity index (χ4n) is 11.9. The minimum absolute atomic E-state index is 0.0137. The van der Waals surface area contributed by atoms with Crippen LogP contribution in [0.15, 0.2) is 78.9 Å². The second kappa shape index (κ2) is 19.2. The highest BCUT2D eigenvalue weighted by Gasteiger charge is 2.62. The van der Waals surface area contributed by atoms with E-state index in [1.54, 1.807) is 12.1 Å². The number of esters is 2. The lowest BCUT2D eigenvalue weighted by molar-refractivity contribution is -0.157. The number of rotatable bonds is 11. The first kappa shape index (κ1) is 48.9. The summed E-state index contributed by atoms with van der Waals surface area (Å²) in [6.07, 6.45) is 0.893. The van der Waals surface area contributed by atoms with Crippen LogP contribution >= 0.6 is 19.6 Å². The summed E-state index contributed by atoms with van der Waals surface area (Å²) in [4.78, 5) is 32.9. The number of phenols is 1. The molecule has 12 rings (SSSR count). The van der Waals surface area contributed by atoms with Crippen molar-refractivity contribution in [3.63, 3.8) is 0 Å². The van der Waals surface area contributed by atoms with Crippen LogP contribution in [0.25, 0.3) is 0 Å². The van der Waals surface area contributed by atoms with Gasteiger partial charge in [-0.2, -0.15) is 5.26 Å². The monoisotopic (exact) mass is 1030 g/mol. The van der Waals surface area contributed by atoms with Crippen LogP contribution in [-0.4, -0.2) is 91.9 Å². The van der Waals surface area contributed by atoms with Gasteiger partial charge in [-0.1, -0.05) is 66.7 Å². The number of carbonyl (C=O) groups is 2. The number of hydrogen-bond donors (Lipinski definition) is 2. The number of ether oxygens (including phenoxy) is 6. The van der Waals surface area contributed by atoms with Crippen LogP contribution in [-0.2, 0) is 59.5 Å². The molecule has 1 unspecified atom stereocenters. The van der Waals surface area contributed by atoms with E-state index >= 15 is 4.79 Å². The van der Waals surface area contributed by atoms with Crippen molar-refractivity contribution >= 4 is 31.5 Å². The molecule has 380 valence electrons. The molecule has 2 saturated heterocycles. The van der Waals surface area contributed by atoms with Gasteiger partial charge in [-0.25, -0.2) is 9.36 Å². The highest BCUT2D eigenvalue weighted by molar-refractivity contribution is 7.99. The van der Waals surface area contributed by atoms with Crippen LogP contribution in [0.5, 0.6) is 40.2 Å². The third-order valence-electron chi connectivity index (χ3n) is 15.1. The van der Waals surface area contributed by atoms with Crippen molar-refractivity contribution in [2.45, 2.75) is 87.8 Å². The summed E-state index contributed by atoms with van der Waals surface area (Å²) in [6, 6.07) is 23.6. The number of phosphoric ester groups is 1. The van der Waals surface area contributed by atoms with Gasteiger partial charge in [0.1, 0.15) is 18.4 Å². The van der Waals surface area contributed by atoms with E-state index < -0.39 is 54.7 Å². The Labute approximate surface area is 427 Å². The normalized spacial score (nSPS) is 24.8. The number of phosphoric acid groups is 1. The number of thioether (sulfide) groups is 1. The Hall–Kier alpha value is -6.29. The summed E-state index contributed by atoms with van der Waals surface area (Å²) in [5.74, 6) is 0.690. The first-order valence-electron chi connectivity index (χ1n) is 24.1. The second-order valence-electron chi connectivity index (χ2n) is 19.1. The molecule has 0 amide bonds. The van der Waals surface area contributed by atoms with Gasteiger partial charge in [-0.15, -0.1) is 11.8 Å². The summed E-state index contributed by atoms with van der Waals surface area (Å²) >= 11 is 1.45. The molecule has 7 aliphatic rings. The van der Waals surface area contributed by atoms with E-state index in [9.17, 15) is 19.7 Å². The number of fused-ring (bicyclic) bond motifs is 9. The zero-order valence-electron chi connectivity index (χ0n) is 41.2. The van der Waals surface area contributed by atoms with Gasteiger partial charge >= 0.3 is 19.8 Å². The van der Waals surface area contributed by atoms with Gasteiger partial charge in [0.2, 0.25) is 6.79 Å². The fraction of sp³-hybridized carbons (Fsp3) is 0.389. The standard InChI is InChI=1S/C54H55N4O13PS/c1-29-19-35-20-37-38(23-55)58-39-26-65-53(61)54(27-73-52(46(58)45(57(37)4)42(35)47(60)48(29)64-6)44-43(39)51-50(66-28-67-51)30(2)49(44)70-31(3)59)36-22-40(63-5)41(21-34(36)17-18-56-54)71-72(62,68-24-32-13-9-7-10-14-32)69-25-33-15-11-8-12-16-33/h7-16,19,21-22,37-39,45-46,52,56,60H,17-18,20,24-28H2,1-6H3/t37-,38+,39+,45+,46?,52-,54-/m1/s1. The second-order valence-corrected chi connectivity index (χ2v) is 21.8. The van der Waals surface area contributed by atoms with E-state index in [4.69, 9.17) is 42.0 Å². The van der Waals surface area contributed by atoms with Crippen LogP contribution in [0.3, 0.4) is 0 Å². The Bertz CT molecular complexity index is 3070. The Morgan fingerprint density at radius 3 is 2.27 bits per heavy atom. The lowest BCUT2D eigenvalue weighted by Gasteiger charge is -2.62. The third kappa shape index (κ3) is 8.17. The van der Waals surface area contributed by atoms with E-state index in [0.29, 0.717) is 75.8 Å². The van der Waals surface area contributed by atoms with Crippen molar-refractivity contribution in [2.75, 3.05) is 47.0 Å². The number of methoxy groups -OCH3 is 2. The van der Waals surface area contributed by atoms with Gasteiger partial charge in [0.25, 0.3) is 0 Å². The van der Waals surface area contributed by atoms with E-state index in [1.165, 1.54) is 32.9 Å². The van der Waals surface area contributed by atoms with Crippen molar-refractivity contribution < 1.29 is 61.3 Å². The fourth-order valence-corrected chi connectivity index (χ4v) is 14.8. The molecule has 19 heteroatoms. The smallest absolute Gasteiger partial charge is 0.504 e. The number of piperazine rings is 1. The summed E-state index contributed by atoms with van der Waals surface area (Å²) in [5.41, 5.74) is 5.41. The number of nitrogens with one attached hydrogen (secondary N) is 1. The predicted molar refractivity (Wildman–Crippen MR) is 267 cm³/mol. The Morgan fingerprint density at radius 2 is 1.62 bits per heavy atom. The van der Waals surface area contributed by atoms with Crippen molar-refractivity contribution in [2.24, 2.45) is 0 Å². The highest BCUT2D eigenvalue weighted by atomic mass is 32.2. The van der Waals surface area contributed by atoms with E-state index in [-0.39, 0.29) is 55.7 Å². The van der Waals surface area contributed by atoms with Crippen molar-refractivity contribution in [3.8, 4) is 46.3 Å². The summed E-state index contributed by atoms with van der Waals surface area (Å²) in [6.45, 7) is 4.92. The molecule has 7 atom stereocenters. The molecule has 0 aromatic heterocycles. The number of benzene rings is 5. The average molecular weight is 1030 g/mol. The van der Waals surface area contributed by atoms with Gasteiger partial charge in [0.15, 0.2) is 40.0 Å². The average Bonchev–Trinajstić information content (AvgIpc) is 3.88. The van der Waals surface area contributed by atoms with E-state index in [0.717, 1.165) is 22.3 Å². The minimum Gasteiger partial charge on any atom is -0.504 e. The molecular formula is C54H55N4O13PS. The van der Waals surface area contributed by atoms with E-state index in [2.05, 4.69) is 21.2 Å². The largest absolute Gasteiger partial charge is 0.530 e. The number of nitriles is 1. The van der Waals surface area contributed by atoms with Crippen LogP contribution < -0.4 is 33.5 Å². The Kier molecular flexibility index (Phi) is 12.9. The van der Waals surface area contributed by atoms with Crippen LogP contribution in [0, 0.1) is 25.2 Å². The van der Waals surface area contributed by atoms with Crippen LogP contribution in [0.2, 0.25) is 0 Å². The summed E-state index contributed by atoms with van der Waals surface area (Å²) in [7, 11) is 0.603. The first-order valence-corrected chi connectivity index (χ1v) is 26.6. The van der Waals surface area contributed by atoms with Gasteiger partial charge in [-0.05, 0) is 79.3 Å². The maximum absolute atomic E-state index is 15.4. The van der Waals surface area contributed by atoms with Gasteiger partial charge < -0.3 is 38.1 Å². The molecule has 7 aliphatic heterocycles. The number of carbonyl (C=O) groups excluding carboxylic acids is 2. The topological polar surface area (TPSA) is 197 Å². The lowest BCUT2D eigenvalue weighted by atomic mass is 9.71. The SMILES string of the molecule is COc1cc2c(cc1OP(=O)(OCc1ccccc1)OCc1ccccc1)CCN[C@]21CS[C@@H]2c3c(OC(C)=O)c(C)c4c(c3[C@H](COC1=O)N1C2[C@@H]2c3c(cc(C)c(OC)c3O)C[C@H]([C@@H]1C#N)N2C)OCO4. The molecule has 17 nitrogen and oxygen atoms in total. The number of hydrogen-bond acceptors (Lipinski definition) is 18. The summed E-state index contributed by atoms with van der Waals surface area (Å²) < 4.78 is 70.1. The molecule has 2 fully saturated rings.